The van der Waals surface area contributed by atoms with Crippen molar-refractivity contribution in [1.29, 1.82) is 0 Å². The fourth-order valence-electron chi connectivity index (χ4n) is 2.97. The van der Waals surface area contributed by atoms with Crippen LogP contribution in [0.3, 0.4) is 0 Å². The lowest BCUT2D eigenvalue weighted by atomic mass is 10.0. The highest BCUT2D eigenvalue weighted by Crippen LogP contribution is 2.32. The van der Waals surface area contributed by atoms with Crippen LogP contribution < -0.4 is 0 Å². The third-order valence-electron chi connectivity index (χ3n) is 4.49. The molecule has 3 heterocycles. The Balaban J connectivity index is 1.65. The van der Waals surface area contributed by atoms with E-state index in [9.17, 15) is 22.4 Å². The zero-order chi connectivity index (χ0) is 19.2. The maximum absolute atomic E-state index is 12.9. The van der Waals surface area contributed by atoms with Gasteiger partial charge in [0, 0.05) is 11.8 Å². The third-order valence-corrected chi connectivity index (χ3v) is 4.49. The van der Waals surface area contributed by atoms with E-state index >= 15 is 0 Å². The fourth-order valence-corrected chi connectivity index (χ4v) is 2.97. The van der Waals surface area contributed by atoms with Gasteiger partial charge in [-0.1, -0.05) is 12.1 Å². The first kappa shape index (κ1) is 17.4. The average Bonchev–Trinajstić information content (AvgIpc) is 3.00. The van der Waals surface area contributed by atoms with Gasteiger partial charge in [-0.15, -0.1) is 0 Å². The number of rotatable bonds is 3. The van der Waals surface area contributed by atoms with Gasteiger partial charge in [-0.3, -0.25) is 14.5 Å². The van der Waals surface area contributed by atoms with Crippen LogP contribution in [0.1, 0.15) is 5.56 Å². The van der Waals surface area contributed by atoms with E-state index in [-0.39, 0.29) is 25.5 Å². The van der Waals surface area contributed by atoms with Gasteiger partial charge in [0.1, 0.15) is 18.2 Å². The molecule has 5 nitrogen and oxygen atoms in total. The summed E-state index contributed by atoms with van der Waals surface area (Å²) < 4.78 is 53.1. The second-order valence-corrected chi connectivity index (χ2v) is 6.41. The second kappa shape index (κ2) is 6.33. The van der Waals surface area contributed by atoms with Gasteiger partial charge in [-0.2, -0.15) is 18.3 Å². The van der Waals surface area contributed by atoms with Crippen LogP contribution in [-0.2, 0) is 17.5 Å². The van der Waals surface area contributed by atoms with Gasteiger partial charge in [0.25, 0.3) is 0 Å². The molecule has 1 fully saturated rings. The summed E-state index contributed by atoms with van der Waals surface area (Å²) in [5.74, 6) is -0.265. The SMILES string of the molecule is O=C(Cn1ncc2ncc(-c3cccc(C(F)(F)F)c3)cc21)N1CC(F)C1. The Morgan fingerprint density at radius 3 is 2.63 bits per heavy atom. The molecule has 0 bridgehead atoms. The zero-order valence-electron chi connectivity index (χ0n) is 13.9. The Kier molecular flexibility index (Phi) is 4.09. The molecule has 0 spiro atoms. The predicted octanol–water partition coefficient (Wildman–Crippen LogP) is 3.30. The molecule has 27 heavy (non-hydrogen) atoms. The highest BCUT2D eigenvalue weighted by Gasteiger charge is 2.31. The van der Waals surface area contributed by atoms with Crippen LogP contribution in [0.4, 0.5) is 17.6 Å². The lowest BCUT2D eigenvalue weighted by Crippen LogP contribution is -2.52. The van der Waals surface area contributed by atoms with E-state index in [1.165, 1.54) is 28.0 Å². The van der Waals surface area contributed by atoms with Crippen molar-refractivity contribution in [3.63, 3.8) is 0 Å². The van der Waals surface area contributed by atoms with Crippen molar-refractivity contribution in [1.82, 2.24) is 19.7 Å². The van der Waals surface area contributed by atoms with Gasteiger partial charge in [0.15, 0.2) is 0 Å². The van der Waals surface area contributed by atoms with Crippen LogP contribution in [-0.4, -0.2) is 44.8 Å². The number of carbonyl (C=O) groups is 1. The highest BCUT2D eigenvalue weighted by atomic mass is 19.4. The largest absolute Gasteiger partial charge is 0.416 e. The van der Waals surface area contributed by atoms with Gasteiger partial charge < -0.3 is 4.90 Å². The summed E-state index contributed by atoms with van der Waals surface area (Å²) in [6.45, 7) is 0.0709. The van der Waals surface area contributed by atoms with E-state index in [0.29, 0.717) is 22.2 Å². The number of fused-ring (bicyclic) bond motifs is 1. The molecule has 0 atom stereocenters. The Morgan fingerprint density at radius 2 is 1.93 bits per heavy atom. The van der Waals surface area contributed by atoms with E-state index in [2.05, 4.69) is 10.1 Å². The van der Waals surface area contributed by atoms with Crippen molar-refractivity contribution < 1.29 is 22.4 Å². The molecule has 0 aliphatic carbocycles. The second-order valence-electron chi connectivity index (χ2n) is 6.41. The topological polar surface area (TPSA) is 51.0 Å². The van der Waals surface area contributed by atoms with Crippen molar-refractivity contribution in [3.8, 4) is 11.1 Å². The number of nitrogens with zero attached hydrogens (tertiary/aromatic N) is 4. The number of amides is 1. The minimum atomic E-state index is -4.44. The minimum absolute atomic E-state index is 0.0752. The molecule has 1 aliphatic heterocycles. The lowest BCUT2D eigenvalue weighted by Gasteiger charge is -2.34. The molecule has 0 radical (unpaired) electrons. The van der Waals surface area contributed by atoms with E-state index < -0.39 is 17.9 Å². The zero-order valence-corrected chi connectivity index (χ0v) is 13.9. The normalized spacial score (nSPS) is 15.2. The quantitative estimate of drug-likeness (QED) is 0.657. The molecule has 3 aromatic rings. The first-order valence-corrected chi connectivity index (χ1v) is 8.22. The van der Waals surface area contributed by atoms with E-state index in [4.69, 9.17) is 0 Å². The summed E-state index contributed by atoms with van der Waals surface area (Å²) in [5, 5.41) is 4.12. The molecule has 0 unspecified atom stereocenters. The molecule has 9 heteroatoms. The Hall–Kier alpha value is -2.97. The van der Waals surface area contributed by atoms with Crippen molar-refractivity contribution >= 4 is 16.9 Å². The maximum atomic E-state index is 12.9. The van der Waals surface area contributed by atoms with Crippen LogP contribution in [0.5, 0.6) is 0 Å². The molecule has 2 aromatic heterocycles. The van der Waals surface area contributed by atoms with Crippen LogP contribution >= 0.6 is 0 Å². The maximum Gasteiger partial charge on any atom is 0.416 e. The highest BCUT2D eigenvalue weighted by molar-refractivity contribution is 5.83. The van der Waals surface area contributed by atoms with Gasteiger partial charge in [0.2, 0.25) is 5.91 Å². The molecule has 0 saturated carbocycles. The number of pyridine rings is 1. The van der Waals surface area contributed by atoms with Crippen LogP contribution in [0.25, 0.3) is 22.2 Å². The molecular formula is C18H14F4N4O. The van der Waals surface area contributed by atoms with Crippen LogP contribution in [0.2, 0.25) is 0 Å². The van der Waals surface area contributed by atoms with Crippen molar-refractivity contribution in [2.24, 2.45) is 0 Å². The standard InChI is InChI=1S/C18H14F4N4O/c19-14-8-25(9-14)17(27)10-26-16-5-12(6-23-15(16)7-24-26)11-2-1-3-13(4-11)18(20,21)22/h1-7,14H,8-10H2. The lowest BCUT2D eigenvalue weighted by molar-refractivity contribution is -0.139. The van der Waals surface area contributed by atoms with E-state index in [1.54, 1.807) is 12.1 Å². The van der Waals surface area contributed by atoms with Crippen molar-refractivity contribution in [2.45, 2.75) is 18.9 Å². The number of alkyl halides is 4. The first-order valence-electron chi connectivity index (χ1n) is 8.22. The number of hydrogen-bond donors (Lipinski definition) is 0. The summed E-state index contributed by atoms with van der Waals surface area (Å²) in [6, 6.07) is 6.59. The number of benzene rings is 1. The summed E-state index contributed by atoms with van der Waals surface area (Å²) in [5.41, 5.74) is 1.14. The Bertz CT molecular complexity index is 1010. The number of halogens is 4. The number of aromatic nitrogens is 3. The summed E-state index contributed by atoms with van der Waals surface area (Å²) in [4.78, 5) is 17.8. The van der Waals surface area contributed by atoms with Gasteiger partial charge >= 0.3 is 6.18 Å². The van der Waals surface area contributed by atoms with E-state index in [0.717, 1.165) is 12.1 Å². The number of hydrogen-bond acceptors (Lipinski definition) is 3. The molecule has 4 rings (SSSR count). The smallest absolute Gasteiger partial charge is 0.335 e. The Morgan fingerprint density at radius 1 is 1.15 bits per heavy atom. The molecule has 1 amide bonds. The predicted molar refractivity (Wildman–Crippen MR) is 89.4 cm³/mol. The van der Waals surface area contributed by atoms with Gasteiger partial charge in [0.05, 0.1) is 30.4 Å². The molecule has 1 aromatic carbocycles. The van der Waals surface area contributed by atoms with Gasteiger partial charge in [-0.05, 0) is 23.8 Å². The molecular weight excluding hydrogens is 364 g/mol. The summed E-state index contributed by atoms with van der Waals surface area (Å²) in [7, 11) is 0. The Labute approximate surface area is 151 Å². The monoisotopic (exact) mass is 378 g/mol. The molecule has 1 saturated heterocycles. The summed E-state index contributed by atoms with van der Waals surface area (Å²) >= 11 is 0. The van der Waals surface area contributed by atoms with Gasteiger partial charge in [-0.25, -0.2) is 4.39 Å². The third kappa shape index (κ3) is 3.36. The van der Waals surface area contributed by atoms with Crippen LogP contribution in [0.15, 0.2) is 42.7 Å². The average molecular weight is 378 g/mol. The number of likely N-dealkylation sites (tertiary alicyclic amines) is 1. The molecule has 140 valence electrons. The first-order chi connectivity index (χ1) is 12.8. The van der Waals surface area contributed by atoms with Crippen molar-refractivity contribution in [2.75, 3.05) is 13.1 Å². The summed E-state index contributed by atoms with van der Waals surface area (Å²) in [6.07, 6.45) is -2.48. The molecule has 0 N–H and O–H groups in total. The minimum Gasteiger partial charge on any atom is -0.335 e. The van der Waals surface area contributed by atoms with Crippen molar-refractivity contribution in [3.05, 3.63) is 48.3 Å². The molecule has 1 aliphatic rings. The number of carbonyl (C=O) groups excluding carboxylic acids is 1. The fraction of sp³-hybridized carbons (Fsp3) is 0.278. The van der Waals surface area contributed by atoms with E-state index in [1.807, 2.05) is 0 Å². The van der Waals surface area contributed by atoms with Crippen LogP contribution in [0, 0.1) is 0 Å².